The van der Waals surface area contributed by atoms with Crippen LogP contribution in [-0.2, 0) is 4.74 Å². The van der Waals surface area contributed by atoms with Gasteiger partial charge in [-0.05, 0) is 51.9 Å². The minimum Gasteiger partial charge on any atom is -0.444 e. The predicted molar refractivity (Wildman–Crippen MR) is 54.0 cm³/mol. The lowest BCUT2D eigenvalue weighted by Crippen LogP contribution is -2.39. The van der Waals surface area contributed by atoms with Crippen molar-refractivity contribution < 1.29 is 9.53 Å². The largest absolute Gasteiger partial charge is 0.444 e. The van der Waals surface area contributed by atoms with Gasteiger partial charge in [-0.2, -0.15) is 0 Å². The highest BCUT2D eigenvalue weighted by atomic mass is 16.6. The van der Waals surface area contributed by atoms with Crippen molar-refractivity contribution in [1.82, 2.24) is 5.32 Å². The summed E-state index contributed by atoms with van der Waals surface area (Å²) in [6, 6.07) is 0.384. The fourth-order valence-electron chi connectivity index (χ4n) is 2.34. The van der Waals surface area contributed by atoms with Gasteiger partial charge < -0.3 is 10.1 Å². The number of hydrogen-bond donors (Lipinski definition) is 1. The lowest BCUT2D eigenvalue weighted by atomic mass is 10.2. The Morgan fingerprint density at radius 1 is 1.36 bits per heavy atom. The third-order valence-corrected chi connectivity index (χ3v) is 3.04. The maximum atomic E-state index is 11.4. The van der Waals surface area contributed by atoms with Crippen molar-refractivity contribution in [1.29, 1.82) is 0 Å². The Morgan fingerprint density at radius 3 is 2.50 bits per heavy atom. The van der Waals surface area contributed by atoms with Crippen LogP contribution in [0.1, 0.15) is 40.0 Å². The van der Waals surface area contributed by atoms with Crippen LogP contribution in [0.25, 0.3) is 0 Å². The molecule has 0 aromatic heterocycles. The fourth-order valence-corrected chi connectivity index (χ4v) is 2.34. The first-order valence-corrected chi connectivity index (χ1v) is 5.45. The number of nitrogens with one attached hydrogen (secondary N) is 1. The van der Waals surface area contributed by atoms with E-state index >= 15 is 0 Å². The minimum atomic E-state index is -0.383. The number of amides is 1. The van der Waals surface area contributed by atoms with Gasteiger partial charge in [-0.15, -0.1) is 0 Å². The fraction of sp³-hybridized carbons (Fsp3) is 0.909. The summed E-state index contributed by atoms with van der Waals surface area (Å²) in [5, 5.41) is 2.97. The molecule has 80 valence electrons. The highest BCUT2D eigenvalue weighted by Crippen LogP contribution is 2.51. The van der Waals surface area contributed by atoms with Crippen LogP contribution in [0.5, 0.6) is 0 Å². The van der Waals surface area contributed by atoms with Crippen LogP contribution in [-0.4, -0.2) is 17.7 Å². The van der Waals surface area contributed by atoms with E-state index in [0.717, 1.165) is 18.3 Å². The van der Waals surface area contributed by atoms with Gasteiger partial charge in [-0.3, -0.25) is 0 Å². The molecule has 0 spiro atoms. The molecule has 0 aromatic carbocycles. The molecule has 1 amide bonds. The molecule has 0 unspecified atom stereocenters. The number of alkyl carbamates (subject to hydrolysis) is 1. The SMILES string of the molecule is CC(C)(C)OC(=O)N[C@@H]1CC[C@H]2C[C@H]21. The average Bonchev–Trinajstić information content (AvgIpc) is 2.66. The zero-order valence-corrected chi connectivity index (χ0v) is 9.17. The lowest BCUT2D eigenvalue weighted by Gasteiger charge is -2.22. The third-order valence-electron chi connectivity index (χ3n) is 3.04. The molecule has 3 heteroatoms. The zero-order valence-electron chi connectivity index (χ0n) is 9.17. The Hall–Kier alpha value is -0.730. The van der Waals surface area contributed by atoms with Crippen LogP contribution >= 0.6 is 0 Å². The van der Waals surface area contributed by atoms with E-state index in [1.165, 1.54) is 12.8 Å². The Bertz CT molecular complexity index is 244. The Morgan fingerprint density at radius 2 is 2.07 bits per heavy atom. The quantitative estimate of drug-likeness (QED) is 0.700. The second-order valence-electron chi connectivity index (χ2n) is 5.49. The van der Waals surface area contributed by atoms with Crippen LogP contribution in [0.3, 0.4) is 0 Å². The molecule has 2 fully saturated rings. The number of rotatable bonds is 1. The molecule has 3 nitrogen and oxygen atoms in total. The molecule has 0 radical (unpaired) electrons. The van der Waals surface area contributed by atoms with Crippen LogP contribution in [0.15, 0.2) is 0 Å². The summed E-state index contributed by atoms with van der Waals surface area (Å²) in [5.74, 6) is 1.65. The molecule has 0 saturated heterocycles. The van der Waals surface area contributed by atoms with E-state index in [4.69, 9.17) is 4.74 Å². The smallest absolute Gasteiger partial charge is 0.407 e. The maximum absolute atomic E-state index is 11.4. The topological polar surface area (TPSA) is 38.3 Å². The number of hydrogen-bond acceptors (Lipinski definition) is 2. The summed E-state index contributed by atoms with van der Waals surface area (Å²) in [4.78, 5) is 11.4. The second-order valence-corrected chi connectivity index (χ2v) is 5.49. The van der Waals surface area contributed by atoms with Crippen molar-refractivity contribution in [2.45, 2.75) is 51.7 Å². The number of carbonyl (C=O) groups excluding carboxylic acids is 1. The minimum absolute atomic E-state index is 0.255. The molecule has 0 aromatic rings. The summed E-state index contributed by atoms with van der Waals surface area (Å²) >= 11 is 0. The first-order valence-electron chi connectivity index (χ1n) is 5.45. The van der Waals surface area contributed by atoms with Gasteiger partial charge in [0.05, 0.1) is 0 Å². The van der Waals surface area contributed by atoms with Gasteiger partial charge in [-0.25, -0.2) is 4.79 Å². The summed E-state index contributed by atoms with van der Waals surface area (Å²) in [5.41, 5.74) is -0.383. The van der Waals surface area contributed by atoms with Crippen molar-refractivity contribution >= 4 is 6.09 Å². The molecular weight excluding hydrogens is 178 g/mol. The standard InChI is InChI=1S/C11H19NO2/c1-11(2,3)14-10(13)12-9-5-4-7-6-8(7)9/h7-9H,4-6H2,1-3H3,(H,12,13)/t7-,8+,9+/m0/s1. The normalized spacial score (nSPS) is 34.9. The molecule has 2 aliphatic rings. The lowest BCUT2D eigenvalue weighted by molar-refractivity contribution is 0.0500. The molecule has 2 rings (SSSR count). The Labute approximate surface area is 85.2 Å². The summed E-state index contributed by atoms with van der Waals surface area (Å²) in [6.45, 7) is 5.67. The van der Waals surface area contributed by atoms with Crippen molar-refractivity contribution in [2.75, 3.05) is 0 Å². The van der Waals surface area contributed by atoms with E-state index in [0.29, 0.717) is 6.04 Å². The van der Waals surface area contributed by atoms with Crippen LogP contribution in [0.4, 0.5) is 4.79 Å². The Balaban J connectivity index is 1.77. The van der Waals surface area contributed by atoms with Gasteiger partial charge in [-0.1, -0.05) is 0 Å². The summed E-state index contributed by atoms with van der Waals surface area (Å²) in [7, 11) is 0. The summed E-state index contributed by atoms with van der Waals surface area (Å²) < 4.78 is 5.22. The van der Waals surface area contributed by atoms with Crippen LogP contribution in [0, 0.1) is 11.8 Å². The highest BCUT2D eigenvalue weighted by Gasteiger charge is 2.48. The molecule has 2 aliphatic carbocycles. The van der Waals surface area contributed by atoms with Gasteiger partial charge in [0.25, 0.3) is 0 Å². The monoisotopic (exact) mass is 197 g/mol. The molecular formula is C11H19NO2. The van der Waals surface area contributed by atoms with Gasteiger partial charge in [0, 0.05) is 6.04 Å². The van der Waals surface area contributed by atoms with Crippen molar-refractivity contribution in [3.8, 4) is 0 Å². The second kappa shape index (κ2) is 3.14. The molecule has 0 aliphatic heterocycles. The van der Waals surface area contributed by atoms with E-state index < -0.39 is 0 Å². The number of ether oxygens (including phenoxy) is 1. The molecule has 3 atom stereocenters. The van der Waals surface area contributed by atoms with E-state index in [1.807, 2.05) is 20.8 Å². The predicted octanol–water partition coefficient (Wildman–Crippen LogP) is 2.31. The maximum Gasteiger partial charge on any atom is 0.407 e. The van der Waals surface area contributed by atoms with Gasteiger partial charge in [0.2, 0.25) is 0 Å². The van der Waals surface area contributed by atoms with Gasteiger partial charge in [0.1, 0.15) is 5.60 Å². The van der Waals surface area contributed by atoms with E-state index in [2.05, 4.69) is 5.32 Å². The first kappa shape index (κ1) is 9.81. The number of carbonyl (C=O) groups is 1. The first-order chi connectivity index (χ1) is 6.46. The molecule has 0 bridgehead atoms. The van der Waals surface area contributed by atoms with E-state index in [1.54, 1.807) is 0 Å². The van der Waals surface area contributed by atoms with Crippen LogP contribution in [0.2, 0.25) is 0 Å². The molecule has 1 N–H and O–H groups in total. The zero-order chi connectivity index (χ0) is 10.3. The Kier molecular flexibility index (Phi) is 2.20. The van der Waals surface area contributed by atoms with Crippen LogP contribution < -0.4 is 5.32 Å². The van der Waals surface area contributed by atoms with Gasteiger partial charge >= 0.3 is 6.09 Å². The third kappa shape index (κ3) is 2.20. The van der Waals surface area contributed by atoms with Gasteiger partial charge in [0.15, 0.2) is 0 Å². The average molecular weight is 197 g/mol. The molecule has 2 saturated carbocycles. The van der Waals surface area contributed by atoms with E-state index in [9.17, 15) is 4.79 Å². The van der Waals surface area contributed by atoms with Crippen molar-refractivity contribution in [3.63, 3.8) is 0 Å². The molecule has 14 heavy (non-hydrogen) atoms. The highest BCUT2D eigenvalue weighted by molar-refractivity contribution is 5.68. The van der Waals surface area contributed by atoms with E-state index in [-0.39, 0.29) is 11.7 Å². The number of fused-ring (bicyclic) bond motifs is 1. The van der Waals surface area contributed by atoms with Crippen molar-refractivity contribution in [2.24, 2.45) is 11.8 Å². The summed E-state index contributed by atoms with van der Waals surface area (Å²) in [6.07, 6.45) is 3.47. The van der Waals surface area contributed by atoms with Crippen molar-refractivity contribution in [3.05, 3.63) is 0 Å². The molecule has 0 heterocycles.